The number of carbonyl (C=O) groups is 2. The Balaban J connectivity index is 1.82. The highest BCUT2D eigenvalue weighted by Gasteiger charge is 2.22. The van der Waals surface area contributed by atoms with Crippen molar-refractivity contribution in [1.82, 2.24) is 14.9 Å². The van der Waals surface area contributed by atoms with Gasteiger partial charge in [-0.1, -0.05) is 44.2 Å². The maximum absolute atomic E-state index is 13.4. The number of imidazole rings is 1. The van der Waals surface area contributed by atoms with E-state index in [2.05, 4.69) is 5.32 Å². The van der Waals surface area contributed by atoms with Gasteiger partial charge in [0.25, 0.3) is 0 Å². The molecule has 0 saturated heterocycles. The first-order valence-corrected chi connectivity index (χ1v) is 11.5. The van der Waals surface area contributed by atoms with Crippen LogP contribution in [0.1, 0.15) is 46.4 Å². The predicted molar refractivity (Wildman–Crippen MR) is 130 cm³/mol. The Morgan fingerprint density at radius 1 is 1.00 bits per heavy atom. The van der Waals surface area contributed by atoms with E-state index in [4.69, 9.17) is 4.98 Å². The van der Waals surface area contributed by atoms with Crippen LogP contribution in [-0.4, -0.2) is 34.0 Å². The lowest BCUT2D eigenvalue weighted by Crippen LogP contribution is -2.39. The summed E-state index contributed by atoms with van der Waals surface area (Å²) in [6.45, 7) is 8.80. The number of hydrogen-bond acceptors (Lipinski definition) is 3. The molecule has 0 spiro atoms. The molecule has 2 aromatic carbocycles. The van der Waals surface area contributed by atoms with Crippen molar-refractivity contribution >= 4 is 28.5 Å². The Morgan fingerprint density at radius 2 is 1.66 bits per heavy atom. The summed E-state index contributed by atoms with van der Waals surface area (Å²) in [6.07, 6.45) is 2.24. The maximum Gasteiger partial charge on any atom is 0.247 e. The minimum atomic E-state index is 0.0108. The largest absolute Gasteiger partial charge is 0.355 e. The number of benzene rings is 2. The minimum absolute atomic E-state index is 0.0108. The number of para-hydroxylation sites is 3. The molecule has 170 valence electrons. The molecule has 0 aliphatic rings. The van der Waals surface area contributed by atoms with Crippen LogP contribution in [0.4, 0.5) is 5.69 Å². The van der Waals surface area contributed by atoms with Gasteiger partial charge in [-0.2, -0.15) is 0 Å². The molecule has 0 radical (unpaired) electrons. The number of rotatable bonds is 10. The fourth-order valence-electron chi connectivity index (χ4n) is 4.12. The highest BCUT2D eigenvalue weighted by molar-refractivity contribution is 5.94. The van der Waals surface area contributed by atoms with E-state index in [1.54, 1.807) is 0 Å². The van der Waals surface area contributed by atoms with Gasteiger partial charge < -0.3 is 14.8 Å². The number of nitrogens with one attached hydrogen (secondary N) is 1. The second-order valence-corrected chi connectivity index (χ2v) is 8.35. The van der Waals surface area contributed by atoms with E-state index in [-0.39, 0.29) is 30.3 Å². The first-order chi connectivity index (χ1) is 15.5. The second-order valence-electron chi connectivity index (χ2n) is 8.35. The van der Waals surface area contributed by atoms with Gasteiger partial charge in [-0.15, -0.1) is 0 Å². The average molecular weight is 435 g/mol. The zero-order chi connectivity index (χ0) is 23.1. The van der Waals surface area contributed by atoms with Crippen LogP contribution < -0.4 is 10.2 Å². The minimum Gasteiger partial charge on any atom is -0.355 e. The van der Waals surface area contributed by atoms with Gasteiger partial charge in [0.2, 0.25) is 11.8 Å². The average Bonchev–Trinajstić information content (AvgIpc) is 3.12. The third kappa shape index (κ3) is 5.36. The molecule has 0 saturated carbocycles. The summed E-state index contributed by atoms with van der Waals surface area (Å²) in [7, 11) is 0. The van der Waals surface area contributed by atoms with Crippen LogP contribution in [0.3, 0.4) is 0 Å². The van der Waals surface area contributed by atoms with E-state index >= 15 is 0 Å². The Morgan fingerprint density at radius 3 is 2.31 bits per heavy atom. The quantitative estimate of drug-likeness (QED) is 0.508. The summed E-state index contributed by atoms with van der Waals surface area (Å²) in [4.78, 5) is 32.3. The number of nitrogens with zero attached hydrogens (tertiary/aromatic N) is 3. The molecule has 0 aliphatic carbocycles. The number of hydrogen-bond donors (Lipinski definition) is 1. The van der Waals surface area contributed by atoms with E-state index in [1.165, 1.54) is 0 Å². The first-order valence-electron chi connectivity index (χ1n) is 11.5. The molecular weight excluding hydrogens is 400 g/mol. The summed E-state index contributed by atoms with van der Waals surface area (Å²) in [5, 5.41) is 3.04. The molecule has 3 rings (SSSR count). The summed E-state index contributed by atoms with van der Waals surface area (Å²) in [5.41, 5.74) is 2.67. The summed E-state index contributed by atoms with van der Waals surface area (Å²) < 4.78 is 1.99. The van der Waals surface area contributed by atoms with Crippen molar-refractivity contribution < 1.29 is 9.59 Å². The number of fused-ring (bicyclic) bond motifs is 1. The van der Waals surface area contributed by atoms with Crippen molar-refractivity contribution in [3.63, 3.8) is 0 Å². The summed E-state index contributed by atoms with van der Waals surface area (Å²) >= 11 is 0. The van der Waals surface area contributed by atoms with Crippen LogP contribution >= 0.6 is 0 Å². The normalized spacial score (nSPS) is 11.3. The van der Waals surface area contributed by atoms with Gasteiger partial charge in [-0.05, 0) is 51.0 Å². The third-order valence-corrected chi connectivity index (χ3v) is 5.85. The van der Waals surface area contributed by atoms with Gasteiger partial charge in [0.15, 0.2) is 0 Å². The van der Waals surface area contributed by atoms with Gasteiger partial charge >= 0.3 is 0 Å². The molecule has 6 heteroatoms. The van der Waals surface area contributed by atoms with Crippen molar-refractivity contribution in [3.05, 3.63) is 60.4 Å². The van der Waals surface area contributed by atoms with Crippen LogP contribution in [0.5, 0.6) is 0 Å². The van der Waals surface area contributed by atoms with E-state index in [1.807, 2.05) is 91.8 Å². The van der Waals surface area contributed by atoms with Crippen LogP contribution in [0.2, 0.25) is 0 Å². The molecule has 1 heterocycles. The van der Waals surface area contributed by atoms with Crippen molar-refractivity contribution in [2.45, 2.75) is 59.5 Å². The molecule has 0 atom stereocenters. The fourth-order valence-corrected chi connectivity index (χ4v) is 4.12. The molecule has 32 heavy (non-hydrogen) atoms. The molecule has 0 fully saturated rings. The monoisotopic (exact) mass is 434 g/mol. The van der Waals surface area contributed by atoms with Crippen molar-refractivity contribution in [1.29, 1.82) is 0 Å². The molecule has 6 nitrogen and oxygen atoms in total. The van der Waals surface area contributed by atoms with Crippen molar-refractivity contribution in [3.8, 4) is 0 Å². The van der Waals surface area contributed by atoms with E-state index in [0.717, 1.165) is 35.4 Å². The van der Waals surface area contributed by atoms with E-state index < -0.39 is 0 Å². The Bertz CT molecular complexity index is 1040. The number of anilines is 1. The van der Waals surface area contributed by atoms with Gasteiger partial charge in [0.05, 0.1) is 11.0 Å². The molecule has 0 unspecified atom stereocenters. The van der Waals surface area contributed by atoms with Crippen LogP contribution in [0.15, 0.2) is 54.6 Å². The van der Waals surface area contributed by atoms with Gasteiger partial charge in [0.1, 0.15) is 12.4 Å². The lowest BCUT2D eigenvalue weighted by Gasteiger charge is -2.27. The molecule has 1 aromatic heterocycles. The van der Waals surface area contributed by atoms with Crippen LogP contribution in [-0.2, 0) is 22.6 Å². The Hall–Kier alpha value is -3.15. The van der Waals surface area contributed by atoms with Gasteiger partial charge in [0, 0.05) is 30.6 Å². The molecule has 0 bridgehead atoms. The van der Waals surface area contributed by atoms with Crippen molar-refractivity contribution in [2.24, 2.45) is 5.92 Å². The van der Waals surface area contributed by atoms with Crippen LogP contribution in [0, 0.1) is 5.92 Å². The standard InChI is InChI=1S/C26H34N4O2/c1-5-20(6-2)26(32)27-17-16-24-28-22-14-10-11-15-23(22)29(24)18-25(31)30(19(3)4)21-12-8-7-9-13-21/h7-15,19-20H,5-6,16-18H2,1-4H3,(H,27,32). The molecule has 2 amide bonds. The molecule has 3 aromatic rings. The summed E-state index contributed by atoms with van der Waals surface area (Å²) in [5.74, 6) is 0.947. The highest BCUT2D eigenvalue weighted by atomic mass is 16.2. The van der Waals surface area contributed by atoms with Gasteiger partial charge in [-0.25, -0.2) is 4.98 Å². The second kappa shape index (κ2) is 10.9. The molecule has 0 aliphatic heterocycles. The van der Waals surface area contributed by atoms with Crippen LogP contribution in [0.25, 0.3) is 11.0 Å². The topological polar surface area (TPSA) is 67.2 Å². The number of carbonyl (C=O) groups excluding carboxylic acids is 2. The Labute approximate surface area is 190 Å². The van der Waals surface area contributed by atoms with Gasteiger partial charge in [-0.3, -0.25) is 9.59 Å². The predicted octanol–water partition coefficient (Wildman–Crippen LogP) is 4.57. The highest BCUT2D eigenvalue weighted by Crippen LogP contribution is 2.21. The fraction of sp³-hybridized carbons (Fsp3) is 0.423. The SMILES string of the molecule is CCC(CC)C(=O)NCCc1nc2ccccc2n1CC(=O)N(c1ccccc1)C(C)C. The molecular formula is C26H34N4O2. The van der Waals surface area contributed by atoms with E-state index in [0.29, 0.717) is 13.0 Å². The van der Waals surface area contributed by atoms with E-state index in [9.17, 15) is 9.59 Å². The zero-order valence-corrected chi connectivity index (χ0v) is 19.5. The number of aromatic nitrogens is 2. The Kier molecular flexibility index (Phi) is 8.03. The first kappa shape index (κ1) is 23.5. The third-order valence-electron chi connectivity index (χ3n) is 5.85. The summed E-state index contributed by atoms with van der Waals surface area (Å²) in [6, 6.07) is 17.6. The lowest BCUT2D eigenvalue weighted by molar-refractivity contribution is -0.125. The maximum atomic E-state index is 13.4. The lowest BCUT2D eigenvalue weighted by atomic mass is 10.0. The zero-order valence-electron chi connectivity index (χ0n) is 19.5. The molecule has 1 N–H and O–H groups in total. The smallest absolute Gasteiger partial charge is 0.247 e. The number of amides is 2. The van der Waals surface area contributed by atoms with Crippen molar-refractivity contribution in [2.75, 3.05) is 11.4 Å².